The molecule has 2 aromatic carbocycles. The molecule has 0 atom stereocenters. The van der Waals surface area contributed by atoms with Crippen molar-refractivity contribution in [2.75, 3.05) is 19.5 Å². The van der Waals surface area contributed by atoms with Crippen LogP contribution in [0.4, 0.5) is 5.69 Å². The molecule has 0 fully saturated rings. The van der Waals surface area contributed by atoms with Crippen LogP contribution in [0.15, 0.2) is 66.2 Å². The molecule has 1 heterocycles. The maximum atomic E-state index is 6.02. The highest BCUT2D eigenvalue weighted by Crippen LogP contribution is 2.28. The highest BCUT2D eigenvalue weighted by Gasteiger charge is 2.06. The Hall–Kier alpha value is -2.75. The lowest BCUT2D eigenvalue weighted by Crippen LogP contribution is -2.23. The van der Waals surface area contributed by atoms with Crippen molar-refractivity contribution >= 4 is 35.6 Å². The van der Waals surface area contributed by atoms with Crippen LogP contribution in [0.1, 0.15) is 11.1 Å². The van der Waals surface area contributed by atoms with Crippen molar-refractivity contribution in [1.82, 2.24) is 9.55 Å². The number of nitrogens with one attached hydrogen (secondary N) is 1. The average molecular weight is 493 g/mol. The zero-order valence-corrected chi connectivity index (χ0v) is 18.2. The number of anilines is 1. The topological polar surface area (TPSA) is 86.7 Å². The molecule has 0 radical (unpaired) electrons. The second-order valence-corrected chi connectivity index (χ2v) is 5.94. The lowest BCUT2D eigenvalue weighted by atomic mass is 10.1. The van der Waals surface area contributed by atoms with E-state index in [1.54, 1.807) is 26.7 Å². The summed E-state index contributed by atoms with van der Waals surface area (Å²) in [6.45, 7) is 1.28. The molecule has 0 aliphatic rings. The van der Waals surface area contributed by atoms with Crippen LogP contribution in [0.25, 0.3) is 0 Å². The fraction of sp³-hybridized carbons (Fsp3) is 0.200. The van der Waals surface area contributed by atoms with Gasteiger partial charge in [0.25, 0.3) is 0 Å². The summed E-state index contributed by atoms with van der Waals surface area (Å²) in [6, 6.07) is 13.7. The van der Waals surface area contributed by atoms with Gasteiger partial charge in [-0.25, -0.2) is 9.98 Å². The Balaban J connectivity index is 0.00000280. The molecule has 0 spiro atoms. The predicted molar refractivity (Wildman–Crippen MR) is 122 cm³/mol. The number of ether oxygens (including phenoxy) is 2. The summed E-state index contributed by atoms with van der Waals surface area (Å²) in [4.78, 5) is 8.45. The van der Waals surface area contributed by atoms with E-state index in [0.29, 0.717) is 29.7 Å². The first-order valence-corrected chi connectivity index (χ1v) is 8.50. The largest absolute Gasteiger partial charge is 0.497 e. The number of hydrogen-bond donors (Lipinski definition) is 2. The van der Waals surface area contributed by atoms with Gasteiger partial charge in [0.2, 0.25) is 0 Å². The van der Waals surface area contributed by atoms with Crippen LogP contribution in [0, 0.1) is 0 Å². The Labute approximate surface area is 181 Å². The first kappa shape index (κ1) is 21.5. The molecule has 3 aromatic rings. The maximum absolute atomic E-state index is 6.02. The van der Waals surface area contributed by atoms with Gasteiger partial charge in [-0.15, -0.1) is 24.0 Å². The molecule has 0 aliphatic heterocycles. The number of nitrogens with two attached hydrogens (primary N) is 1. The molecule has 7 nitrogen and oxygen atoms in total. The van der Waals surface area contributed by atoms with Crippen molar-refractivity contribution < 1.29 is 9.47 Å². The number of benzene rings is 2. The molecular weight excluding hydrogens is 469 g/mol. The van der Waals surface area contributed by atoms with Crippen LogP contribution in [0.3, 0.4) is 0 Å². The number of halogens is 1. The number of nitrogens with zero attached hydrogens (tertiary/aromatic N) is 3. The third-order valence-electron chi connectivity index (χ3n) is 4.05. The van der Waals surface area contributed by atoms with E-state index < -0.39 is 0 Å². The van der Waals surface area contributed by atoms with Crippen molar-refractivity contribution in [3.63, 3.8) is 0 Å². The summed E-state index contributed by atoms with van der Waals surface area (Å²) >= 11 is 0. The molecule has 28 heavy (non-hydrogen) atoms. The van der Waals surface area contributed by atoms with E-state index in [1.165, 1.54) is 5.56 Å². The van der Waals surface area contributed by atoms with Crippen molar-refractivity contribution in [3.8, 4) is 11.5 Å². The van der Waals surface area contributed by atoms with Crippen molar-refractivity contribution in [2.45, 2.75) is 13.1 Å². The van der Waals surface area contributed by atoms with Crippen LogP contribution < -0.4 is 20.5 Å². The Morgan fingerprint density at radius 1 is 1.11 bits per heavy atom. The van der Waals surface area contributed by atoms with Gasteiger partial charge in [0.05, 0.1) is 32.8 Å². The normalized spacial score (nSPS) is 10.9. The highest BCUT2D eigenvalue weighted by molar-refractivity contribution is 14.0. The van der Waals surface area contributed by atoms with Crippen LogP contribution in [0.5, 0.6) is 11.5 Å². The summed E-state index contributed by atoms with van der Waals surface area (Å²) in [5, 5.41) is 3.06. The van der Waals surface area contributed by atoms with Crippen molar-refractivity contribution in [1.29, 1.82) is 0 Å². The minimum absolute atomic E-state index is 0. The molecule has 0 unspecified atom stereocenters. The monoisotopic (exact) mass is 493 g/mol. The second kappa shape index (κ2) is 10.5. The summed E-state index contributed by atoms with van der Waals surface area (Å²) in [6.07, 6.45) is 5.52. The van der Waals surface area contributed by atoms with Gasteiger partial charge in [-0.1, -0.05) is 24.3 Å². The van der Waals surface area contributed by atoms with Gasteiger partial charge in [-0.05, 0) is 23.3 Å². The molecule has 0 aliphatic carbocycles. The minimum atomic E-state index is 0. The quantitative estimate of drug-likeness (QED) is 0.299. The molecule has 1 aromatic heterocycles. The summed E-state index contributed by atoms with van der Waals surface area (Å²) in [7, 11) is 3.21. The molecule has 0 saturated carbocycles. The second-order valence-electron chi connectivity index (χ2n) is 5.94. The zero-order valence-electron chi connectivity index (χ0n) is 15.8. The maximum Gasteiger partial charge on any atom is 0.193 e. The first-order chi connectivity index (χ1) is 13.2. The SMILES string of the molecule is COc1ccc(OC)c(NC(N)=NCc2ccc(Cn3ccnc3)cc2)c1.I. The molecule has 0 amide bonds. The lowest BCUT2D eigenvalue weighted by Gasteiger charge is -2.12. The van der Waals surface area contributed by atoms with Crippen molar-refractivity contribution in [3.05, 3.63) is 72.3 Å². The number of aromatic nitrogens is 2. The average Bonchev–Trinajstić information content (AvgIpc) is 3.20. The van der Waals surface area contributed by atoms with Gasteiger partial charge >= 0.3 is 0 Å². The predicted octanol–water partition coefficient (Wildman–Crippen LogP) is 3.49. The molecule has 3 N–H and O–H groups in total. The number of guanidine groups is 1. The molecular formula is C20H24IN5O2. The fourth-order valence-electron chi connectivity index (χ4n) is 2.61. The smallest absolute Gasteiger partial charge is 0.193 e. The lowest BCUT2D eigenvalue weighted by molar-refractivity contribution is 0.405. The van der Waals surface area contributed by atoms with Gasteiger partial charge in [0.15, 0.2) is 5.96 Å². The number of aliphatic imine (C=N–C) groups is 1. The fourth-order valence-corrected chi connectivity index (χ4v) is 2.61. The first-order valence-electron chi connectivity index (χ1n) is 8.50. The van der Waals surface area contributed by atoms with E-state index in [1.807, 2.05) is 29.0 Å². The number of methoxy groups -OCH3 is 2. The molecule has 0 bridgehead atoms. The van der Waals surface area contributed by atoms with Crippen molar-refractivity contribution in [2.24, 2.45) is 10.7 Å². The third kappa shape index (κ3) is 5.88. The minimum Gasteiger partial charge on any atom is -0.497 e. The standard InChI is InChI=1S/C20H23N5O2.HI/c1-26-17-7-8-19(27-2)18(11-17)24-20(21)23-12-15-3-5-16(6-4-15)13-25-10-9-22-14-25;/h3-11,14H,12-13H2,1-2H3,(H3,21,23,24);1H. The van der Waals surface area contributed by atoms with Gasteiger partial charge in [0, 0.05) is 25.0 Å². The number of rotatable bonds is 7. The molecule has 8 heteroatoms. The van der Waals surface area contributed by atoms with E-state index >= 15 is 0 Å². The van der Waals surface area contributed by atoms with Gasteiger partial charge in [-0.2, -0.15) is 0 Å². The van der Waals surface area contributed by atoms with E-state index in [4.69, 9.17) is 15.2 Å². The van der Waals surface area contributed by atoms with Gasteiger partial charge in [0.1, 0.15) is 11.5 Å². The summed E-state index contributed by atoms with van der Waals surface area (Å²) in [5.74, 6) is 1.68. The summed E-state index contributed by atoms with van der Waals surface area (Å²) < 4.78 is 12.6. The Bertz CT molecular complexity index is 895. The van der Waals surface area contributed by atoms with Gasteiger partial charge in [-0.3, -0.25) is 0 Å². The highest BCUT2D eigenvalue weighted by atomic mass is 127. The molecule has 3 rings (SSSR count). The van der Waals surface area contributed by atoms with E-state index in [2.05, 4.69) is 39.6 Å². The molecule has 0 saturated heterocycles. The van der Waals surface area contributed by atoms with Crippen LogP contribution in [0.2, 0.25) is 0 Å². The number of imidazole rings is 1. The van der Waals surface area contributed by atoms with Crippen LogP contribution in [-0.4, -0.2) is 29.7 Å². The van der Waals surface area contributed by atoms with E-state index in [-0.39, 0.29) is 24.0 Å². The van der Waals surface area contributed by atoms with E-state index in [0.717, 1.165) is 12.1 Å². The van der Waals surface area contributed by atoms with Crippen LogP contribution >= 0.6 is 24.0 Å². The number of hydrogen-bond acceptors (Lipinski definition) is 4. The summed E-state index contributed by atoms with van der Waals surface area (Å²) in [5.41, 5.74) is 9.00. The van der Waals surface area contributed by atoms with Crippen LogP contribution in [-0.2, 0) is 13.1 Å². The Morgan fingerprint density at radius 2 is 1.86 bits per heavy atom. The third-order valence-corrected chi connectivity index (χ3v) is 4.05. The Morgan fingerprint density at radius 3 is 2.50 bits per heavy atom. The van der Waals surface area contributed by atoms with E-state index in [9.17, 15) is 0 Å². The molecule has 148 valence electrons. The van der Waals surface area contributed by atoms with Gasteiger partial charge < -0.3 is 25.1 Å². The Kier molecular flexibility index (Phi) is 8.12. The zero-order chi connectivity index (χ0) is 19.1.